The van der Waals surface area contributed by atoms with Crippen molar-refractivity contribution in [1.29, 1.82) is 0 Å². The molecule has 1 saturated carbocycles. The Morgan fingerprint density at radius 3 is 2.60 bits per heavy atom. The minimum atomic E-state index is -4.47. The van der Waals surface area contributed by atoms with Crippen LogP contribution in [-0.4, -0.2) is 24.0 Å². The summed E-state index contributed by atoms with van der Waals surface area (Å²) in [6.07, 6.45) is 2.99. The third-order valence-electron chi connectivity index (χ3n) is 6.36. The molecule has 2 aromatic rings. The molecule has 2 atom stereocenters. The van der Waals surface area contributed by atoms with Crippen LogP contribution in [0.4, 0.5) is 24.5 Å². The number of amides is 1. The van der Waals surface area contributed by atoms with Crippen molar-refractivity contribution in [2.45, 2.75) is 45.2 Å². The summed E-state index contributed by atoms with van der Waals surface area (Å²) in [6, 6.07) is 6.83. The lowest BCUT2D eigenvalue weighted by molar-refractivity contribution is -0.137. The van der Waals surface area contributed by atoms with Gasteiger partial charge < -0.3 is 10.2 Å². The molecule has 2 aliphatic rings. The quantitative estimate of drug-likeness (QED) is 0.699. The van der Waals surface area contributed by atoms with Gasteiger partial charge in [0.15, 0.2) is 0 Å². The number of hydrogen-bond donors (Lipinski definition) is 1. The van der Waals surface area contributed by atoms with Gasteiger partial charge in [-0.25, -0.2) is 0 Å². The molecule has 1 saturated heterocycles. The van der Waals surface area contributed by atoms with E-state index in [1.807, 2.05) is 0 Å². The average molecular weight is 417 g/mol. The first-order valence-electron chi connectivity index (χ1n) is 10.5. The van der Waals surface area contributed by atoms with Crippen LogP contribution in [0.1, 0.15) is 53.7 Å². The summed E-state index contributed by atoms with van der Waals surface area (Å²) in [7, 11) is 0. The minimum absolute atomic E-state index is 0.207. The second-order valence-electron chi connectivity index (χ2n) is 8.41. The number of nitrogens with zero attached hydrogens (tertiary/aromatic N) is 2. The maximum absolute atomic E-state index is 13.3. The van der Waals surface area contributed by atoms with E-state index in [9.17, 15) is 18.0 Å². The van der Waals surface area contributed by atoms with Gasteiger partial charge in [-0.15, -0.1) is 0 Å². The lowest BCUT2D eigenvalue weighted by Crippen LogP contribution is -2.42. The van der Waals surface area contributed by atoms with Gasteiger partial charge in [0, 0.05) is 30.5 Å². The number of hydrogen-bond acceptors (Lipinski definition) is 3. The third-order valence-corrected chi connectivity index (χ3v) is 6.36. The minimum Gasteiger partial charge on any atom is -0.370 e. The number of carbonyl (C=O) groups excluding carboxylic acids is 1. The number of alkyl halides is 3. The Labute approximate surface area is 174 Å². The van der Waals surface area contributed by atoms with E-state index in [0.29, 0.717) is 28.8 Å². The van der Waals surface area contributed by atoms with Crippen molar-refractivity contribution < 1.29 is 18.0 Å². The highest BCUT2D eigenvalue weighted by Crippen LogP contribution is 2.41. The van der Waals surface area contributed by atoms with Gasteiger partial charge in [-0.05, 0) is 61.9 Å². The van der Waals surface area contributed by atoms with Crippen molar-refractivity contribution >= 4 is 17.3 Å². The number of rotatable bonds is 3. The topological polar surface area (TPSA) is 45.2 Å². The summed E-state index contributed by atoms with van der Waals surface area (Å²) >= 11 is 0. The number of benzene rings is 1. The van der Waals surface area contributed by atoms with E-state index in [1.165, 1.54) is 37.9 Å². The first-order chi connectivity index (χ1) is 14.3. The second kappa shape index (κ2) is 8.28. The number of anilines is 2. The van der Waals surface area contributed by atoms with Gasteiger partial charge in [0.2, 0.25) is 0 Å². The van der Waals surface area contributed by atoms with E-state index in [1.54, 1.807) is 19.1 Å². The van der Waals surface area contributed by atoms with Crippen molar-refractivity contribution in [1.82, 2.24) is 4.98 Å². The highest BCUT2D eigenvalue weighted by molar-refractivity contribution is 6.06. The van der Waals surface area contributed by atoms with Gasteiger partial charge in [-0.3, -0.25) is 9.78 Å². The Kier molecular flexibility index (Phi) is 5.71. The molecule has 1 aromatic carbocycles. The molecule has 1 amide bonds. The highest BCUT2D eigenvalue weighted by atomic mass is 19.4. The second-order valence-corrected chi connectivity index (χ2v) is 8.41. The van der Waals surface area contributed by atoms with Crippen molar-refractivity contribution in [3.05, 3.63) is 53.3 Å². The van der Waals surface area contributed by atoms with E-state index in [0.717, 1.165) is 31.6 Å². The summed E-state index contributed by atoms with van der Waals surface area (Å²) in [6.45, 7) is 3.39. The standard InChI is InChI=1S/C23H26F3N3O/c1-15-12-17(8-10-27-15)22(30)28-20-13-19(23(24,25)26)6-7-21(20)29-11-9-16-4-2-3-5-18(16)14-29/h6-8,10,12-13,16,18H,2-5,9,11,14H2,1H3,(H,28,30)/t16-,18?/m0/s1. The molecule has 30 heavy (non-hydrogen) atoms. The fourth-order valence-corrected chi connectivity index (χ4v) is 4.79. The number of fused-ring (bicyclic) bond motifs is 1. The monoisotopic (exact) mass is 417 g/mol. The van der Waals surface area contributed by atoms with Gasteiger partial charge >= 0.3 is 6.18 Å². The predicted octanol–water partition coefficient (Wildman–Crippen LogP) is 5.68. The summed E-state index contributed by atoms with van der Waals surface area (Å²) in [5, 5.41) is 2.73. The smallest absolute Gasteiger partial charge is 0.370 e. The maximum Gasteiger partial charge on any atom is 0.416 e. The number of pyridine rings is 1. The number of piperidine rings is 1. The van der Waals surface area contributed by atoms with Crippen LogP contribution in [0.3, 0.4) is 0 Å². The fraction of sp³-hybridized carbons (Fsp3) is 0.478. The van der Waals surface area contributed by atoms with E-state index in [4.69, 9.17) is 0 Å². The lowest BCUT2D eigenvalue weighted by atomic mass is 9.75. The first kappa shape index (κ1) is 20.7. The number of aryl methyl sites for hydroxylation is 1. The molecule has 1 unspecified atom stereocenters. The molecule has 0 radical (unpaired) electrons. The van der Waals surface area contributed by atoms with Crippen LogP contribution in [0.2, 0.25) is 0 Å². The lowest BCUT2D eigenvalue weighted by Gasteiger charge is -2.42. The molecule has 4 rings (SSSR count). The number of aromatic nitrogens is 1. The van der Waals surface area contributed by atoms with Crippen molar-refractivity contribution in [2.24, 2.45) is 11.8 Å². The Morgan fingerprint density at radius 1 is 1.10 bits per heavy atom. The van der Waals surface area contributed by atoms with Crippen LogP contribution in [0.15, 0.2) is 36.5 Å². The average Bonchev–Trinajstić information content (AvgIpc) is 2.72. The van der Waals surface area contributed by atoms with E-state index in [-0.39, 0.29) is 5.69 Å². The molecule has 1 aliphatic heterocycles. The van der Waals surface area contributed by atoms with Crippen LogP contribution < -0.4 is 10.2 Å². The molecule has 1 aromatic heterocycles. The van der Waals surface area contributed by atoms with Gasteiger partial charge in [0.1, 0.15) is 0 Å². The number of nitrogens with one attached hydrogen (secondary N) is 1. The fourth-order valence-electron chi connectivity index (χ4n) is 4.79. The number of carbonyl (C=O) groups is 1. The Balaban J connectivity index is 1.63. The van der Waals surface area contributed by atoms with Crippen molar-refractivity contribution in [3.63, 3.8) is 0 Å². The zero-order valence-electron chi connectivity index (χ0n) is 17.0. The maximum atomic E-state index is 13.3. The van der Waals surface area contributed by atoms with Gasteiger partial charge in [-0.1, -0.05) is 19.3 Å². The molecular weight excluding hydrogens is 391 g/mol. The van der Waals surface area contributed by atoms with Gasteiger partial charge in [0.05, 0.1) is 16.9 Å². The van der Waals surface area contributed by atoms with Crippen molar-refractivity contribution in [3.8, 4) is 0 Å². The van der Waals surface area contributed by atoms with Gasteiger partial charge in [0.25, 0.3) is 5.91 Å². The van der Waals surface area contributed by atoms with Gasteiger partial charge in [-0.2, -0.15) is 13.2 Å². The molecular formula is C23H26F3N3O. The molecule has 2 fully saturated rings. The Morgan fingerprint density at radius 2 is 1.87 bits per heavy atom. The summed E-state index contributed by atoms with van der Waals surface area (Å²) in [4.78, 5) is 19.0. The molecule has 160 valence electrons. The first-order valence-corrected chi connectivity index (χ1v) is 10.5. The Hall–Kier alpha value is -2.57. The zero-order valence-corrected chi connectivity index (χ0v) is 17.0. The van der Waals surface area contributed by atoms with E-state index >= 15 is 0 Å². The van der Waals surface area contributed by atoms with E-state index < -0.39 is 17.6 Å². The van der Waals surface area contributed by atoms with Crippen LogP contribution in [0.5, 0.6) is 0 Å². The van der Waals surface area contributed by atoms with E-state index in [2.05, 4.69) is 15.2 Å². The summed E-state index contributed by atoms with van der Waals surface area (Å²) in [5.41, 5.74) is 1.15. The predicted molar refractivity (Wildman–Crippen MR) is 111 cm³/mol. The molecule has 7 heteroatoms. The van der Waals surface area contributed by atoms with Crippen LogP contribution >= 0.6 is 0 Å². The highest BCUT2D eigenvalue weighted by Gasteiger charge is 2.34. The summed E-state index contributed by atoms with van der Waals surface area (Å²) < 4.78 is 40.0. The SMILES string of the molecule is Cc1cc(C(=O)Nc2cc(C(F)(F)F)ccc2N2CC[C@@H]3CCCCC3C2)ccn1. The zero-order chi connectivity index (χ0) is 21.3. The largest absolute Gasteiger partial charge is 0.416 e. The summed E-state index contributed by atoms with van der Waals surface area (Å²) in [5.74, 6) is 0.845. The van der Waals surface area contributed by atoms with Crippen molar-refractivity contribution in [2.75, 3.05) is 23.3 Å². The Bertz CT molecular complexity index is 928. The molecule has 0 spiro atoms. The normalized spacial score (nSPS) is 21.8. The van der Waals surface area contributed by atoms with Crippen LogP contribution in [0, 0.1) is 18.8 Å². The molecule has 2 heterocycles. The van der Waals surface area contributed by atoms with Crippen LogP contribution in [-0.2, 0) is 6.18 Å². The molecule has 1 aliphatic carbocycles. The molecule has 1 N–H and O–H groups in total. The third kappa shape index (κ3) is 4.45. The number of halogens is 3. The molecule has 0 bridgehead atoms. The molecule has 4 nitrogen and oxygen atoms in total. The van der Waals surface area contributed by atoms with Crippen LogP contribution in [0.25, 0.3) is 0 Å².